The van der Waals surface area contributed by atoms with Crippen molar-refractivity contribution >= 4 is 5.57 Å². The first-order chi connectivity index (χ1) is 15.6. The molecule has 0 nitrogen and oxygen atoms in total. The number of allylic oxidation sites excluding steroid dienone is 6. The molecular formula is C31H31Cl2Zr. The molecule has 4 bridgehead atoms. The first-order valence-corrected chi connectivity index (χ1v) is 14.0. The third-order valence-corrected chi connectivity index (χ3v) is 10.8. The van der Waals surface area contributed by atoms with Crippen LogP contribution in [0.2, 0.25) is 0 Å². The van der Waals surface area contributed by atoms with E-state index in [1.807, 2.05) is 5.57 Å². The van der Waals surface area contributed by atoms with Gasteiger partial charge in [-0.05, 0) is 0 Å². The predicted molar refractivity (Wildman–Crippen MR) is 129 cm³/mol. The van der Waals surface area contributed by atoms with E-state index in [1.54, 1.807) is 58.1 Å². The van der Waals surface area contributed by atoms with Gasteiger partial charge in [0.25, 0.3) is 0 Å². The van der Waals surface area contributed by atoms with Gasteiger partial charge in [0.2, 0.25) is 0 Å². The zero-order valence-electron chi connectivity index (χ0n) is 20.0. The van der Waals surface area contributed by atoms with Crippen molar-refractivity contribution < 1.29 is 49.5 Å². The van der Waals surface area contributed by atoms with Gasteiger partial charge in [-0.3, -0.25) is 0 Å². The fourth-order valence-electron chi connectivity index (χ4n) is 8.75. The summed E-state index contributed by atoms with van der Waals surface area (Å²) >= 11 is 1.62. The van der Waals surface area contributed by atoms with Crippen LogP contribution in [-0.2, 0) is 30.1 Å². The molecule has 3 unspecified atom stereocenters. The van der Waals surface area contributed by atoms with Crippen molar-refractivity contribution in [2.45, 2.75) is 61.4 Å². The van der Waals surface area contributed by atoms with Crippen LogP contribution >= 0.6 is 0 Å². The summed E-state index contributed by atoms with van der Waals surface area (Å²) in [5, 5.41) is 0. The Labute approximate surface area is 232 Å². The van der Waals surface area contributed by atoms with Gasteiger partial charge in [-0.25, -0.2) is 0 Å². The normalized spacial score (nSPS) is 31.5. The van der Waals surface area contributed by atoms with Crippen molar-refractivity contribution in [1.29, 1.82) is 0 Å². The van der Waals surface area contributed by atoms with Gasteiger partial charge in [0, 0.05) is 0 Å². The van der Waals surface area contributed by atoms with E-state index < -0.39 is 0 Å². The molecule has 2 aromatic rings. The zero-order chi connectivity index (χ0) is 21.6. The van der Waals surface area contributed by atoms with Gasteiger partial charge in [-0.2, -0.15) is 0 Å². The van der Waals surface area contributed by atoms with Crippen LogP contribution in [0.25, 0.3) is 16.7 Å². The number of benzene rings is 2. The van der Waals surface area contributed by atoms with Crippen LogP contribution < -0.4 is 24.8 Å². The van der Waals surface area contributed by atoms with E-state index in [0.29, 0.717) is 3.63 Å². The van der Waals surface area contributed by atoms with Gasteiger partial charge in [-0.1, -0.05) is 0 Å². The molecule has 4 saturated carbocycles. The van der Waals surface area contributed by atoms with Gasteiger partial charge in [0.1, 0.15) is 0 Å². The third kappa shape index (κ3) is 3.33. The molecule has 3 heteroatoms. The van der Waals surface area contributed by atoms with E-state index >= 15 is 0 Å². The predicted octanol–water partition coefficient (Wildman–Crippen LogP) is 2.07. The van der Waals surface area contributed by atoms with Gasteiger partial charge in [0.05, 0.1) is 0 Å². The summed E-state index contributed by atoms with van der Waals surface area (Å²) < 4.78 is 0.564. The molecule has 8 rings (SSSR count). The van der Waals surface area contributed by atoms with Crippen molar-refractivity contribution in [3.8, 4) is 11.1 Å². The summed E-state index contributed by atoms with van der Waals surface area (Å²) in [5.74, 6) is 2.71. The molecule has 0 amide bonds. The fraction of sp³-hybridized carbons (Fsp3) is 0.419. The van der Waals surface area contributed by atoms with E-state index in [2.05, 4.69) is 68.5 Å². The summed E-state index contributed by atoms with van der Waals surface area (Å²) in [4.78, 5) is 0. The largest absolute Gasteiger partial charge is 1.00 e. The minimum absolute atomic E-state index is 0. The molecule has 2 aromatic carbocycles. The van der Waals surface area contributed by atoms with E-state index in [9.17, 15) is 0 Å². The molecule has 34 heavy (non-hydrogen) atoms. The Morgan fingerprint density at radius 2 is 1.65 bits per heavy atom. The number of halogens is 2. The number of hydrogen-bond acceptors (Lipinski definition) is 0. The molecule has 0 radical (unpaired) electrons. The summed E-state index contributed by atoms with van der Waals surface area (Å²) in [6.45, 7) is 4.82. The van der Waals surface area contributed by atoms with Crippen molar-refractivity contribution in [2.24, 2.45) is 17.8 Å². The second-order valence-corrected chi connectivity index (χ2v) is 12.8. The minimum atomic E-state index is 0. The minimum Gasteiger partial charge on any atom is -1.00 e. The molecular weight excluding hydrogens is 534 g/mol. The topological polar surface area (TPSA) is 0 Å². The molecule has 0 N–H and O–H groups in total. The molecule has 173 valence electrons. The van der Waals surface area contributed by atoms with Crippen molar-refractivity contribution in [1.82, 2.24) is 0 Å². The number of hydrogen-bond donors (Lipinski definition) is 0. The Morgan fingerprint density at radius 3 is 2.32 bits per heavy atom. The summed E-state index contributed by atoms with van der Waals surface area (Å²) in [5.41, 5.74) is 14.9. The molecule has 0 saturated heterocycles. The van der Waals surface area contributed by atoms with Crippen LogP contribution in [0.5, 0.6) is 0 Å². The van der Waals surface area contributed by atoms with E-state index in [-0.39, 0.29) is 30.2 Å². The van der Waals surface area contributed by atoms with Crippen LogP contribution in [0.1, 0.15) is 78.3 Å². The zero-order valence-corrected chi connectivity index (χ0v) is 24.0. The molecule has 0 aliphatic heterocycles. The van der Waals surface area contributed by atoms with Crippen LogP contribution in [0.15, 0.2) is 65.8 Å². The fourth-order valence-corrected chi connectivity index (χ4v) is 10.1. The van der Waals surface area contributed by atoms with Crippen LogP contribution in [0.4, 0.5) is 0 Å². The summed E-state index contributed by atoms with van der Waals surface area (Å²) in [7, 11) is 0. The molecule has 0 spiro atoms. The smallest absolute Gasteiger partial charge is 1.00 e. The van der Waals surface area contributed by atoms with Crippen LogP contribution in [0, 0.1) is 17.8 Å². The Hall–Kier alpha value is -0.877. The maximum Gasteiger partial charge on any atom is -1.00 e. The number of fused-ring (bicyclic) bond motifs is 3. The average molecular weight is 566 g/mol. The molecule has 6 aliphatic rings. The maximum absolute atomic E-state index is 2.59. The first kappa shape index (κ1) is 24.8. The molecule has 4 fully saturated rings. The molecule has 0 aromatic heterocycles. The second kappa shape index (κ2) is 8.90. The Bertz CT molecular complexity index is 1230. The van der Waals surface area contributed by atoms with Gasteiger partial charge in [0.15, 0.2) is 0 Å². The Kier molecular flexibility index (Phi) is 6.49. The Balaban J connectivity index is 0.00000120. The van der Waals surface area contributed by atoms with Crippen molar-refractivity contribution in [3.05, 3.63) is 88.0 Å². The average Bonchev–Trinajstić information content (AvgIpc) is 3.40. The van der Waals surface area contributed by atoms with Crippen molar-refractivity contribution in [2.75, 3.05) is 0 Å². The molecule has 0 heterocycles. The van der Waals surface area contributed by atoms with E-state index in [4.69, 9.17) is 0 Å². The maximum atomic E-state index is 2.59. The van der Waals surface area contributed by atoms with E-state index in [0.717, 1.165) is 24.2 Å². The van der Waals surface area contributed by atoms with Crippen LogP contribution in [-0.4, -0.2) is 0 Å². The quantitative estimate of drug-likeness (QED) is 0.490. The van der Waals surface area contributed by atoms with Gasteiger partial charge < -0.3 is 24.8 Å². The van der Waals surface area contributed by atoms with Crippen LogP contribution in [0.3, 0.4) is 0 Å². The third-order valence-electron chi connectivity index (χ3n) is 9.34. The monoisotopic (exact) mass is 563 g/mol. The standard InChI is InChI=1S/C31H31.2ClH.Zr/c1-19(2)30-24-14-20-13-21(15-24)18-31(30,17-20)28-12-11-26-25-10-6-5-9-23(25)16-27(26)29(28)22-7-3-4-8-22;;;/h3-7,9-12,16,20-21,24H,8,13-15,17-18H2,1-2H3;2*1H;/q;;;+2/p-2. The Morgan fingerprint density at radius 1 is 0.912 bits per heavy atom. The van der Waals surface area contributed by atoms with Crippen molar-refractivity contribution in [3.63, 3.8) is 0 Å². The molecule has 3 atom stereocenters. The van der Waals surface area contributed by atoms with E-state index in [1.165, 1.54) is 43.2 Å². The number of rotatable bonds is 2. The molecule has 6 aliphatic carbocycles. The summed E-state index contributed by atoms with van der Waals surface area (Å²) in [6.07, 6.45) is 15.4. The first-order valence-electron chi connectivity index (χ1n) is 12.6. The van der Waals surface area contributed by atoms with Gasteiger partial charge >= 0.3 is 209 Å². The van der Waals surface area contributed by atoms with Gasteiger partial charge in [-0.15, -0.1) is 0 Å². The summed E-state index contributed by atoms with van der Waals surface area (Å²) in [6, 6.07) is 14.3. The second-order valence-electron chi connectivity index (χ2n) is 11.3. The SMILES string of the molecule is CC(C)=C1C2CC3CC(C2)CC1(c1ccc2c(c1C1=CC=CC1)[CH]([Zr+2])c1ccccc1-2)C3.[Cl-].[Cl-].